The summed E-state index contributed by atoms with van der Waals surface area (Å²) in [5.74, 6) is 0.980. The summed E-state index contributed by atoms with van der Waals surface area (Å²) in [5.41, 5.74) is 1.08. The molecule has 92 valence electrons. The van der Waals surface area contributed by atoms with Crippen LogP contribution in [0.4, 0.5) is 0 Å². The van der Waals surface area contributed by atoms with Crippen LogP contribution in [0.3, 0.4) is 0 Å². The molecule has 0 aromatic carbocycles. The molecule has 0 atom stereocenters. The minimum absolute atomic E-state index is 0.0628. The number of ether oxygens (including phenoxy) is 1. The van der Waals surface area contributed by atoms with Crippen molar-refractivity contribution in [1.29, 1.82) is 0 Å². The summed E-state index contributed by atoms with van der Waals surface area (Å²) in [4.78, 5) is 0. The Balaban J connectivity index is 2.50. The van der Waals surface area contributed by atoms with E-state index in [1.54, 1.807) is 6.26 Å². The average Bonchev–Trinajstić information content (AvgIpc) is 2.71. The van der Waals surface area contributed by atoms with E-state index in [1.807, 2.05) is 6.07 Å². The van der Waals surface area contributed by atoms with E-state index in [-0.39, 0.29) is 5.60 Å². The zero-order valence-corrected chi connectivity index (χ0v) is 10.8. The summed E-state index contributed by atoms with van der Waals surface area (Å²) < 4.78 is 11.3. The Morgan fingerprint density at radius 1 is 1.38 bits per heavy atom. The second-order valence-electron chi connectivity index (χ2n) is 4.55. The number of furan rings is 1. The van der Waals surface area contributed by atoms with E-state index in [2.05, 4.69) is 33.0 Å². The van der Waals surface area contributed by atoms with Crippen molar-refractivity contribution < 1.29 is 9.15 Å². The maximum atomic E-state index is 5.86. The highest BCUT2D eigenvalue weighted by molar-refractivity contribution is 5.15. The van der Waals surface area contributed by atoms with Gasteiger partial charge in [-0.25, -0.2) is 0 Å². The normalized spacial score (nSPS) is 12.0. The topological polar surface area (TPSA) is 34.4 Å². The van der Waals surface area contributed by atoms with Gasteiger partial charge >= 0.3 is 0 Å². The van der Waals surface area contributed by atoms with E-state index >= 15 is 0 Å². The summed E-state index contributed by atoms with van der Waals surface area (Å²) >= 11 is 0. The first kappa shape index (κ1) is 13.3. The van der Waals surface area contributed by atoms with Gasteiger partial charge < -0.3 is 14.5 Å². The van der Waals surface area contributed by atoms with Gasteiger partial charge in [-0.2, -0.15) is 0 Å². The summed E-state index contributed by atoms with van der Waals surface area (Å²) in [6.07, 6.45) is 2.73. The maximum Gasteiger partial charge on any atom is 0.123 e. The van der Waals surface area contributed by atoms with Crippen molar-refractivity contribution in [2.24, 2.45) is 0 Å². The Labute approximate surface area is 98.2 Å². The van der Waals surface area contributed by atoms with Crippen LogP contribution in [-0.4, -0.2) is 12.1 Å². The van der Waals surface area contributed by atoms with Crippen molar-refractivity contribution in [3.05, 3.63) is 23.7 Å². The Kier molecular flexibility index (Phi) is 5.03. The van der Waals surface area contributed by atoms with Crippen molar-refractivity contribution in [2.75, 3.05) is 6.54 Å². The zero-order chi connectivity index (χ0) is 12.0. The van der Waals surface area contributed by atoms with Gasteiger partial charge in [0, 0.05) is 5.56 Å². The highest BCUT2D eigenvalue weighted by Gasteiger charge is 2.16. The second kappa shape index (κ2) is 6.06. The molecule has 0 saturated carbocycles. The molecule has 0 saturated heterocycles. The molecule has 1 aromatic heterocycles. The lowest BCUT2D eigenvalue weighted by atomic mass is 10.1. The van der Waals surface area contributed by atoms with Gasteiger partial charge in [-0.15, -0.1) is 0 Å². The Morgan fingerprint density at radius 2 is 2.12 bits per heavy atom. The minimum atomic E-state index is -0.0628. The number of hydrogen-bond acceptors (Lipinski definition) is 3. The molecular weight excluding hydrogens is 202 g/mol. The van der Waals surface area contributed by atoms with Crippen LogP contribution in [0.25, 0.3) is 0 Å². The van der Waals surface area contributed by atoms with Crippen molar-refractivity contribution in [3.8, 4) is 0 Å². The molecule has 0 unspecified atom stereocenters. The fraction of sp³-hybridized carbons (Fsp3) is 0.692. The molecule has 3 heteroatoms. The van der Waals surface area contributed by atoms with Crippen molar-refractivity contribution >= 4 is 0 Å². The first-order chi connectivity index (χ1) is 7.59. The molecule has 0 bridgehead atoms. The van der Waals surface area contributed by atoms with Crippen LogP contribution in [0, 0.1) is 0 Å². The molecule has 1 rings (SSSR count). The van der Waals surface area contributed by atoms with Gasteiger partial charge in [0.2, 0.25) is 0 Å². The quantitative estimate of drug-likeness (QED) is 0.774. The lowest BCUT2D eigenvalue weighted by molar-refractivity contribution is -0.0321. The molecule has 1 heterocycles. The van der Waals surface area contributed by atoms with Crippen LogP contribution in [0.5, 0.6) is 0 Å². The minimum Gasteiger partial charge on any atom is -0.468 e. The van der Waals surface area contributed by atoms with E-state index in [0.29, 0.717) is 6.61 Å². The summed E-state index contributed by atoms with van der Waals surface area (Å²) in [5, 5.41) is 3.25. The molecule has 0 aliphatic rings. The lowest BCUT2D eigenvalue weighted by Crippen LogP contribution is -2.23. The summed E-state index contributed by atoms with van der Waals surface area (Å²) in [6.45, 7) is 10.8. The SMILES string of the molecule is CCNCc1occc1COC(C)(C)CC. The molecule has 0 aliphatic heterocycles. The second-order valence-corrected chi connectivity index (χ2v) is 4.55. The van der Waals surface area contributed by atoms with E-state index in [4.69, 9.17) is 9.15 Å². The first-order valence-corrected chi connectivity index (χ1v) is 5.99. The first-order valence-electron chi connectivity index (χ1n) is 5.99. The largest absolute Gasteiger partial charge is 0.468 e. The van der Waals surface area contributed by atoms with Gasteiger partial charge in [0.05, 0.1) is 25.0 Å². The van der Waals surface area contributed by atoms with Crippen LogP contribution >= 0.6 is 0 Å². The van der Waals surface area contributed by atoms with Gasteiger partial charge in [0.1, 0.15) is 5.76 Å². The number of rotatable bonds is 7. The Morgan fingerprint density at radius 3 is 2.75 bits per heavy atom. The van der Waals surface area contributed by atoms with Crippen molar-refractivity contribution in [3.63, 3.8) is 0 Å². The van der Waals surface area contributed by atoms with Crippen LogP contribution in [0.15, 0.2) is 16.7 Å². The fourth-order valence-electron chi connectivity index (χ4n) is 1.26. The summed E-state index contributed by atoms with van der Waals surface area (Å²) in [7, 11) is 0. The van der Waals surface area contributed by atoms with Gasteiger partial charge in [-0.3, -0.25) is 0 Å². The van der Waals surface area contributed by atoms with Crippen LogP contribution in [-0.2, 0) is 17.9 Å². The van der Waals surface area contributed by atoms with Gasteiger partial charge in [-0.05, 0) is 32.9 Å². The van der Waals surface area contributed by atoms with E-state index in [1.165, 1.54) is 0 Å². The lowest BCUT2D eigenvalue weighted by Gasteiger charge is -2.23. The predicted molar refractivity (Wildman–Crippen MR) is 65.2 cm³/mol. The van der Waals surface area contributed by atoms with Crippen LogP contribution in [0.2, 0.25) is 0 Å². The third kappa shape index (κ3) is 3.99. The maximum absolute atomic E-state index is 5.86. The van der Waals surface area contributed by atoms with Gasteiger partial charge in [0.15, 0.2) is 0 Å². The third-order valence-electron chi connectivity index (χ3n) is 2.84. The predicted octanol–water partition coefficient (Wildman–Crippen LogP) is 3.09. The van der Waals surface area contributed by atoms with Crippen LogP contribution in [0.1, 0.15) is 45.4 Å². The molecular formula is C13H23NO2. The van der Waals surface area contributed by atoms with Crippen molar-refractivity contribution in [1.82, 2.24) is 5.32 Å². The third-order valence-corrected chi connectivity index (χ3v) is 2.84. The molecule has 3 nitrogen and oxygen atoms in total. The molecule has 0 spiro atoms. The highest BCUT2D eigenvalue weighted by atomic mass is 16.5. The molecule has 0 radical (unpaired) electrons. The monoisotopic (exact) mass is 225 g/mol. The number of hydrogen-bond donors (Lipinski definition) is 1. The molecule has 1 aromatic rings. The molecule has 16 heavy (non-hydrogen) atoms. The Hall–Kier alpha value is -0.800. The number of nitrogens with one attached hydrogen (secondary N) is 1. The highest BCUT2D eigenvalue weighted by Crippen LogP contribution is 2.19. The van der Waals surface area contributed by atoms with Gasteiger partial charge in [-0.1, -0.05) is 13.8 Å². The summed E-state index contributed by atoms with van der Waals surface area (Å²) in [6, 6.07) is 1.98. The fourth-order valence-corrected chi connectivity index (χ4v) is 1.26. The molecule has 0 amide bonds. The zero-order valence-electron chi connectivity index (χ0n) is 10.8. The van der Waals surface area contributed by atoms with E-state index < -0.39 is 0 Å². The van der Waals surface area contributed by atoms with Crippen molar-refractivity contribution in [2.45, 2.75) is 52.9 Å². The average molecular weight is 225 g/mol. The van der Waals surface area contributed by atoms with E-state index in [0.717, 1.165) is 30.8 Å². The van der Waals surface area contributed by atoms with Gasteiger partial charge in [0.25, 0.3) is 0 Å². The Bertz CT molecular complexity index is 305. The van der Waals surface area contributed by atoms with E-state index in [9.17, 15) is 0 Å². The smallest absolute Gasteiger partial charge is 0.123 e. The molecule has 0 aliphatic carbocycles. The molecule has 0 fully saturated rings. The van der Waals surface area contributed by atoms with Crippen LogP contribution < -0.4 is 5.32 Å². The molecule has 1 N–H and O–H groups in total. The standard InChI is InChI=1S/C13H23NO2/c1-5-13(3,4)16-10-11-7-8-15-12(11)9-14-6-2/h7-8,14H,5-6,9-10H2,1-4H3.